The zero-order valence-electron chi connectivity index (χ0n) is 14.9. The highest BCUT2D eigenvalue weighted by atomic mass is 19.1. The summed E-state index contributed by atoms with van der Waals surface area (Å²) in [6.07, 6.45) is 2.02. The van der Waals surface area contributed by atoms with Crippen molar-refractivity contribution in [2.24, 2.45) is 0 Å². The van der Waals surface area contributed by atoms with Gasteiger partial charge in [0.05, 0.1) is 11.3 Å². The molecule has 8 nitrogen and oxygen atoms in total. The zero-order valence-corrected chi connectivity index (χ0v) is 14.9. The molecular formula is C19H16FN5O3. The van der Waals surface area contributed by atoms with Gasteiger partial charge in [0.1, 0.15) is 11.3 Å². The van der Waals surface area contributed by atoms with E-state index in [0.29, 0.717) is 35.3 Å². The van der Waals surface area contributed by atoms with Crippen LogP contribution in [-0.2, 0) is 6.42 Å². The SMILES string of the molecule is Cc1cc(F)c(-n2cc(-c3ccc4c(c3)CCNC4=O)c([N+](=O)[O-])n2)cc1N. The summed E-state index contributed by atoms with van der Waals surface area (Å²) in [5, 5.41) is 18.2. The number of anilines is 1. The summed E-state index contributed by atoms with van der Waals surface area (Å²) in [7, 11) is 0. The molecular weight excluding hydrogens is 365 g/mol. The standard InChI is InChI=1S/C19H16FN5O3/c1-10-6-15(20)17(8-16(10)21)24-9-14(18(23-24)25(27)28)11-2-3-13-12(7-11)4-5-22-19(13)26/h2-3,6-9H,4-5,21H2,1H3,(H,22,26). The second kappa shape index (κ2) is 6.45. The Balaban J connectivity index is 1.86. The number of nitrogens with one attached hydrogen (secondary N) is 1. The largest absolute Gasteiger partial charge is 0.398 e. The van der Waals surface area contributed by atoms with Crippen molar-refractivity contribution in [1.29, 1.82) is 0 Å². The van der Waals surface area contributed by atoms with E-state index in [1.807, 2.05) is 0 Å². The number of nitrogen functional groups attached to an aromatic ring is 1. The predicted octanol–water partition coefficient (Wildman–Crippen LogP) is 2.76. The molecule has 0 fully saturated rings. The number of benzene rings is 2. The molecule has 0 saturated heterocycles. The first kappa shape index (κ1) is 17.7. The van der Waals surface area contributed by atoms with Crippen LogP contribution in [0, 0.1) is 22.9 Å². The number of aromatic nitrogens is 2. The Kier molecular flexibility index (Phi) is 4.07. The minimum atomic E-state index is -0.618. The lowest BCUT2D eigenvalue weighted by molar-refractivity contribution is -0.389. The molecule has 0 aliphatic carbocycles. The summed E-state index contributed by atoms with van der Waals surface area (Å²) >= 11 is 0. The van der Waals surface area contributed by atoms with E-state index >= 15 is 0 Å². The number of nitrogens with zero attached hydrogens (tertiary/aromatic N) is 3. The minimum Gasteiger partial charge on any atom is -0.398 e. The lowest BCUT2D eigenvalue weighted by Crippen LogP contribution is -2.31. The topological polar surface area (TPSA) is 116 Å². The quantitative estimate of drug-likeness (QED) is 0.411. The minimum absolute atomic E-state index is 0.0230. The van der Waals surface area contributed by atoms with Gasteiger partial charge in [-0.2, -0.15) is 0 Å². The molecule has 1 amide bonds. The van der Waals surface area contributed by atoms with Crippen molar-refractivity contribution in [1.82, 2.24) is 15.1 Å². The molecule has 0 radical (unpaired) electrons. The van der Waals surface area contributed by atoms with Gasteiger partial charge in [0.25, 0.3) is 5.91 Å². The molecule has 2 heterocycles. The van der Waals surface area contributed by atoms with E-state index in [4.69, 9.17) is 5.73 Å². The fraction of sp³-hybridized carbons (Fsp3) is 0.158. The molecule has 142 valence electrons. The van der Waals surface area contributed by atoms with Crippen LogP contribution in [0.3, 0.4) is 0 Å². The highest BCUT2D eigenvalue weighted by molar-refractivity contribution is 5.97. The average Bonchev–Trinajstić information content (AvgIpc) is 3.10. The van der Waals surface area contributed by atoms with E-state index < -0.39 is 16.6 Å². The lowest BCUT2D eigenvalue weighted by atomic mass is 9.96. The summed E-state index contributed by atoms with van der Waals surface area (Å²) in [6.45, 7) is 2.17. The highest BCUT2D eigenvalue weighted by Crippen LogP contribution is 2.33. The molecule has 0 spiro atoms. The summed E-state index contributed by atoms with van der Waals surface area (Å²) in [5.41, 5.74) is 8.91. The Morgan fingerprint density at radius 1 is 1.29 bits per heavy atom. The number of carbonyl (C=O) groups excluding carboxylic acids is 1. The first-order valence-corrected chi connectivity index (χ1v) is 8.56. The number of halogens is 1. The molecule has 9 heteroatoms. The van der Waals surface area contributed by atoms with Crippen molar-refractivity contribution in [3.05, 3.63) is 69.2 Å². The molecule has 28 heavy (non-hydrogen) atoms. The Morgan fingerprint density at radius 2 is 2.07 bits per heavy atom. The summed E-state index contributed by atoms with van der Waals surface area (Å²) < 4.78 is 15.5. The number of hydrogen-bond acceptors (Lipinski definition) is 5. The van der Waals surface area contributed by atoms with Crippen LogP contribution < -0.4 is 11.1 Å². The predicted molar refractivity (Wildman–Crippen MR) is 101 cm³/mol. The van der Waals surface area contributed by atoms with E-state index in [2.05, 4.69) is 10.4 Å². The molecule has 1 aliphatic rings. The molecule has 0 atom stereocenters. The van der Waals surface area contributed by atoms with Gasteiger partial charge in [0, 0.05) is 17.8 Å². The van der Waals surface area contributed by atoms with Crippen LogP contribution in [0.2, 0.25) is 0 Å². The Bertz CT molecular complexity index is 1140. The summed E-state index contributed by atoms with van der Waals surface area (Å²) in [4.78, 5) is 22.8. The normalized spacial score (nSPS) is 13.1. The van der Waals surface area contributed by atoms with Crippen molar-refractivity contribution >= 4 is 17.4 Å². The van der Waals surface area contributed by atoms with Gasteiger partial charge in [0.15, 0.2) is 5.82 Å². The maximum absolute atomic E-state index is 14.4. The number of nitro groups is 1. The lowest BCUT2D eigenvalue weighted by Gasteiger charge is -2.16. The van der Waals surface area contributed by atoms with E-state index in [9.17, 15) is 19.3 Å². The van der Waals surface area contributed by atoms with Crippen LogP contribution >= 0.6 is 0 Å². The number of aryl methyl sites for hydroxylation is 1. The monoisotopic (exact) mass is 381 g/mol. The van der Waals surface area contributed by atoms with E-state index in [0.717, 1.165) is 10.2 Å². The van der Waals surface area contributed by atoms with Crippen molar-refractivity contribution in [3.8, 4) is 16.8 Å². The van der Waals surface area contributed by atoms with Crippen molar-refractivity contribution < 1.29 is 14.1 Å². The summed E-state index contributed by atoms with van der Waals surface area (Å²) in [6, 6.07) is 7.64. The van der Waals surface area contributed by atoms with Gasteiger partial charge < -0.3 is 21.2 Å². The molecule has 1 aromatic heterocycles. The van der Waals surface area contributed by atoms with Crippen LogP contribution in [0.15, 0.2) is 36.5 Å². The zero-order chi connectivity index (χ0) is 20.0. The molecule has 2 aromatic carbocycles. The van der Waals surface area contributed by atoms with Gasteiger partial charge >= 0.3 is 5.82 Å². The number of amides is 1. The molecule has 4 rings (SSSR count). The first-order chi connectivity index (χ1) is 13.3. The van der Waals surface area contributed by atoms with E-state index in [1.165, 1.54) is 18.3 Å². The molecule has 0 saturated carbocycles. The third-order valence-electron chi connectivity index (χ3n) is 4.79. The van der Waals surface area contributed by atoms with Crippen LogP contribution in [0.25, 0.3) is 16.8 Å². The van der Waals surface area contributed by atoms with Crippen molar-refractivity contribution in [2.75, 3.05) is 12.3 Å². The third-order valence-corrected chi connectivity index (χ3v) is 4.79. The maximum atomic E-state index is 14.4. The highest BCUT2D eigenvalue weighted by Gasteiger charge is 2.26. The number of hydrogen-bond donors (Lipinski definition) is 2. The fourth-order valence-electron chi connectivity index (χ4n) is 3.28. The second-order valence-electron chi connectivity index (χ2n) is 6.61. The van der Waals surface area contributed by atoms with Crippen molar-refractivity contribution in [3.63, 3.8) is 0 Å². The Labute approximate surface area is 158 Å². The van der Waals surface area contributed by atoms with Crippen LogP contribution in [0.5, 0.6) is 0 Å². The van der Waals surface area contributed by atoms with Gasteiger partial charge in [-0.3, -0.25) is 4.79 Å². The smallest absolute Gasteiger partial charge is 0.398 e. The van der Waals surface area contributed by atoms with Gasteiger partial charge in [-0.1, -0.05) is 6.07 Å². The number of nitrogens with two attached hydrogens (primary N) is 1. The maximum Gasteiger partial charge on any atom is 0.398 e. The van der Waals surface area contributed by atoms with Crippen LogP contribution in [-0.4, -0.2) is 27.2 Å². The van der Waals surface area contributed by atoms with Crippen LogP contribution in [0.4, 0.5) is 15.9 Å². The molecule has 0 bridgehead atoms. The van der Waals surface area contributed by atoms with Gasteiger partial charge in [0.2, 0.25) is 0 Å². The Morgan fingerprint density at radius 3 is 2.82 bits per heavy atom. The van der Waals surface area contributed by atoms with E-state index in [1.54, 1.807) is 25.1 Å². The molecule has 1 aliphatic heterocycles. The fourth-order valence-corrected chi connectivity index (χ4v) is 3.28. The molecule has 3 N–H and O–H groups in total. The van der Waals surface area contributed by atoms with Gasteiger partial charge in [-0.25, -0.2) is 4.39 Å². The number of rotatable bonds is 3. The second-order valence-corrected chi connectivity index (χ2v) is 6.61. The summed E-state index contributed by atoms with van der Waals surface area (Å²) in [5.74, 6) is -1.16. The van der Waals surface area contributed by atoms with Crippen molar-refractivity contribution in [2.45, 2.75) is 13.3 Å². The van der Waals surface area contributed by atoms with Gasteiger partial charge in [-0.15, -0.1) is 4.68 Å². The van der Waals surface area contributed by atoms with Crippen LogP contribution in [0.1, 0.15) is 21.5 Å². The van der Waals surface area contributed by atoms with Gasteiger partial charge in [-0.05, 0) is 59.2 Å². The number of fused-ring (bicyclic) bond motifs is 1. The number of carbonyl (C=O) groups is 1. The first-order valence-electron chi connectivity index (χ1n) is 8.56. The average molecular weight is 381 g/mol. The molecule has 0 unspecified atom stereocenters. The molecule has 3 aromatic rings. The third kappa shape index (κ3) is 2.86. The van der Waals surface area contributed by atoms with E-state index in [-0.39, 0.29) is 17.2 Å². The Hall–Kier alpha value is -3.75.